The second-order valence-electron chi connectivity index (χ2n) is 6.59. The van der Waals surface area contributed by atoms with Crippen LogP contribution >= 0.6 is 0 Å². The third-order valence-electron chi connectivity index (χ3n) is 4.65. The molecule has 1 fully saturated rings. The Hall–Kier alpha value is -2.95. The summed E-state index contributed by atoms with van der Waals surface area (Å²) in [6, 6.07) is 17.1. The highest BCUT2D eigenvalue weighted by atomic mass is 16.2. The maximum atomic E-state index is 12.3. The summed E-state index contributed by atoms with van der Waals surface area (Å²) in [5, 5.41) is 2.95. The lowest BCUT2D eigenvalue weighted by atomic mass is 10.0. The van der Waals surface area contributed by atoms with Gasteiger partial charge in [0.05, 0.1) is 6.54 Å². The van der Waals surface area contributed by atoms with Gasteiger partial charge in [-0.25, -0.2) is 0 Å². The molecule has 0 spiro atoms. The summed E-state index contributed by atoms with van der Waals surface area (Å²) in [5.74, 6) is -0.169. The first-order valence-electron chi connectivity index (χ1n) is 8.80. The predicted octanol–water partition coefficient (Wildman–Crippen LogP) is 2.87. The molecular formula is C21H22N2O3. The maximum absolute atomic E-state index is 12.3. The van der Waals surface area contributed by atoms with Gasteiger partial charge in [0.2, 0.25) is 11.8 Å². The number of nitrogens with zero attached hydrogens (tertiary/aromatic N) is 1. The molecule has 1 aliphatic heterocycles. The van der Waals surface area contributed by atoms with Gasteiger partial charge in [-0.15, -0.1) is 0 Å². The average Bonchev–Trinajstić information content (AvgIpc) is 2.99. The van der Waals surface area contributed by atoms with Crippen molar-refractivity contribution in [3.63, 3.8) is 0 Å². The van der Waals surface area contributed by atoms with Crippen LogP contribution in [0.5, 0.6) is 0 Å². The van der Waals surface area contributed by atoms with Crippen molar-refractivity contribution in [1.82, 2.24) is 10.2 Å². The highest BCUT2D eigenvalue weighted by Crippen LogP contribution is 2.17. The number of amides is 3. The van der Waals surface area contributed by atoms with Gasteiger partial charge in [-0.2, -0.15) is 0 Å². The van der Waals surface area contributed by atoms with Crippen molar-refractivity contribution in [2.24, 2.45) is 0 Å². The maximum Gasteiger partial charge on any atom is 0.251 e. The van der Waals surface area contributed by atoms with Gasteiger partial charge in [0.25, 0.3) is 5.91 Å². The van der Waals surface area contributed by atoms with Crippen LogP contribution in [0.3, 0.4) is 0 Å². The van der Waals surface area contributed by atoms with Crippen molar-refractivity contribution in [3.05, 3.63) is 71.3 Å². The minimum atomic E-state index is -0.133. The van der Waals surface area contributed by atoms with Crippen LogP contribution in [0.15, 0.2) is 54.6 Å². The quantitative estimate of drug-likeness (QED) is 0.815. The summed E-state index contributed by atoms with van der Waals surface area (Å²) in [5.41, 5.74) is 2.58. The van der Waals surface area contributed by atoms with Crippen molar-refractivity contribution in [2.45, 2.75) is 32.2 Å². The molecule has 2 aromatic rings. The van der Waals surface area contributed by atoms with E-state index in [1.165, 1.54) is 10.5 Å². The first-order chi connectivity index (χ1) is 12.5. The Kier molecular flexibility index (Phi) is 5.46. The van der Waals surface area contributed by atoms with Crippen molar-refractivity contribution in [3.8, 4) is 0 Å². The van der Waals surface area contributed by atoms with Gasteiger partial charge in [-0.05, 0) is 29.2 Å². The molecule has 1 N–H and O–H groups in total. The van der Waals surface area contributed by atoms with Crippen molar-refractivity contribution < 1.29 is 14.4 Å². The summed E-state index contributed by atoms with van der Waals surface area (Å²) in [6.45, 7) is 2.90. The van der Waals surface area contributed by atoms with Crippen LogP contribution in [0.4, 0.5) is 0 Å². The van der Waals surface area contributed by atoms with E-state index in [1.54, 1.807) is 24.3 Å². The first kappa shape index (κ1) is 17.9. The lowest BCUT2D eigenvalue weighted by molar-refractivity contribution is -0.139. The standard InChI is InChI=1S/C21H22N2O3/c1-15(17-5-3-2-4-6-17)13-22-21(26)18-9-7-16(8-10-18)14-23-19(24)11-12-20(23)25/h2-10,15H,11-14H2,1H3,(H,22,26). The molecule has 1 aliphatic rings. The fourth-order valence-electron chi connectivity index (χ4n) is 2.99. The number of hydrogen-bond donors (Lipinski definition) is 1. The molecule has 0 saturated carbocycles. The molecule has 1 heterocycles. The second-order valence-corrected chi connectivity index (χ2v) is 6.59. The summed E-state index contributed by atoms with van der Waals surface area (Å²) in [7, 11) is 0. The largest absolute Gasteiger partial charge is 0.351 e. The molecule has 5 heteroatoms. The van der Waals surface area contributed by atoms with E-state index < -0.39 is 0 Å². The van der Waals surface area contributed by atoms with Crippen LogP contribution in [0.25, 0.3) is 0 Å². The summed E-state index contributed by atoms with van der Waals surface area (Å²) < 4.78 is 0. The topological polar surface area (TPSA) is 66.5 Å². The smallest absolute Gasteiger partial charge is 0.251 e. The van der Waals surface area contributed by atoms with Crippen molar-refractivity contribution in [2.75, 3.05) is 6.54 Å². The number of imide groups is 1. The molecule has 0 aromatic heterocycles. The monoisotopic (exact) mass is 350 g/mol. The third-order valence-corrected chi connectivity index (χ3v) is 4.65. The van der Waals surface area contributed by atoms with E-state index in [2.05, 4.69) is 12.2 Å². The van der Waals surface area contributed by atoms with Gasteiger partial charge in [0.1, 0.15) is 0 Å². The van der Waals surface area contributed by atoms with Crippen molar-refractivity contribution in [1.29, 1.82) is 0 Å². The van der Waals surface area contributed by atoms with E-state index >= 15 is 0 Å². The molecule has 0 aliphatic carbocycles. The molecule has 0 radical (unpaired) electrons. The lowest BCUT2D eigenvalue weighted by Crippen LogP contribution is -2.29. The minimum Gasteiger partial charge on any atom is -0.351 e. The Morgan fingerprint density at radius 3 is 2.23 bits per heavy atom. The van der Waals surface area contributed by atoms with Crippen LogP contribution in [0.1, 0.15) is 47.2 Å². The van der Waals surface area contributed by atoms with E-state index in [1.807, 2.05) is 30.3 Å². The normalized spacial score (nSPS) is 15.2. The summed E-state index contributed by atoms with van der Waals surface area (Å²) >= 11 is 0. The number of nitrogens with one attached hydrogen (secondary N) is 1. The van der Waals surface area contributed by atoms with Gasteiger partial charge in [-0.3, -0.25) is 19.3 Å². The summed E-state index contributed by atoms with van der Waals surface area (Å²) in [6.07, 6.45) is 0.581. The zero-order valence-electron chi connectivity index (χ0n) is 14.8. The van der Waals surface area contributed by atoms with Gasteiger partial charge >= 0.3 is 0 Å². The van der Waals surface area contributed by atoms with Crippen LogP contribution in [-0.2, 0) is 16.1 Å². The zero-order chi connectivity index (χ0) is 18.5. The Morgan fingerprint density at radius 2 is 1.62 bits per heavy atom. The molecule has 1 atom stereocenters. The Balaban J connectivity index is 1.55. The van der Waals surface area contributed by atoms with E-state index in [9.17, 15) is 14.4 Å². The number of rotatable bonds is 6. The zero-order valence-corrected chi connectivity index (χ0v) is 14.8. The number of benzene rings is 2. The molecular weight excluding hydrogens is 328 g/mol. The summed E-state index contributed by atoms with van der Waals surface area (Å²) in [4.78, 5) is 36.9. The molecule has 3 rings (SSSR count). The fourth-order valence-corrected chi connectivity index (χ4v) is 2.99. The highest BCUT2D eigenvalue weighted by Gasteiger charge is 2.28. The predicted molar refractivity (Wildman–Crippen MR) is 98.4 cm³/mol. The van der Waals surface area contributed by atoms with Crippen LogP contribution in [0.2, 0.25) is 0 Å². The Morgan fingerprint density at radius 1 is 1.00 bits per heavy atom. The van der Waals surface area contributed by atoms with E-state index in [0.29, 0.717) is 24.9 Å². The van der Waals surface area contributed by atoms with E-state index in [4.69, 9.17) is 0 Å². The van der Waals surface area contributed by atoms with Gasteiger partial charge in [0, 0.05) is 24.9 Å². The number of carbonyl (C=O) groups is 3. The molecule has 0 bridgehead atoms. The number of hydrogen-bond acceptors (Lipinski definition) is 3. The van der Waals surface area contributed by atoms with Gasteiger partial charge in [-0.1, -0.05) is 49.4 Å². The Bertz CT molecular complexity index is 784. The van der Waals surface area contributed by atoms with E-state index in [-0.39, 0.29) is 30.2 Å². The van der Waals surface area contributed by atoms with Crippen molar-refractivity contribution >= 4 is 17.7 Å². The highest BCUT2D eigenvalue weighted by molar-refractivity contribution is 6.01. The average molecular weight is 350 g/mol. The molecule has 1 unspecified atom stereocenters. The van der Waals surface area contributed by atoms with Crippen LogP contribution in [0, 0.1) is 0 Å². The van der Waals surface area contributed by atoms with Gasteiger partial charge < -0.3 is 5.32 Å². The molecule has 2 aromatic carbocycles. The lowest BCUT2D eigenvalue weighted by Gasteiger charge is -2.15. The number of likely N-dealkylation sites (tertiary alicyclic amines) is 1. The first-order valence-corrected chi connectivity index (χ1v) is 8.80. The van der Waals surface area contributed by atoms with E-state index in [0.717, 1.165) is 5.56 Å². The number of carbonyl (C=O) groups excluding carboxylic acids is 3. The molecule has 26 heavy (non-hydrogen) atoms. The SMILES string of the molecule is CC(CNC(=O)c1ccc(CN2C(=O)CCC2=O)cc1)c1ccccc1. The molecule has 1 saturated heterocycles. The van der Waals surface area contributed by atoms with Crippen LogP contribution < -0.4 is 5.32 Å². The molecule has 5 nitrogen and oxygen atoms in total. The minimum absolute atomic E-state index is 0.132. The Labute approximate surface area is 153 Å². The second kappa shape index (κ2) is 7.95. The molecule has 134 valence electrons. The molecule has 3 amide bonds. The van der Waals surface area contributed by atoms with Crippen LogP contribution in [-0.4, -0.2) is 29.2 Å². The van der Waals surface area contributed by atoms with Gasteiger partial charge in [0.15, 0.2) is 0 Å². The third kappa shape index (κ3) is 4.17. The fraction of sp³-hybridized carbons (Fsp3) is 0.286.